The number of esters is 1. The molecule has 0 spiro atoms. The lowest BCUT2D eigenvalue weighted by molar-refractivity contribution is -0.384. The largest absolute Gasteiger partial charge is 0.465 e. The molecule has 1 heterocycles. The van der Waals surface area contributed by atoms with Crippen LogP contribution in [-0.2, 0) is 4.74 Å². The van der Waals surface area contributed by atoms with Gasteiger partial charge in [-0.15, -0.1) is 0 Å². The van der Waals surface area contributed by atoms with Gasteiger partial charge in [0.05, 0.1) is 12.0 Å². The van der Waals surface area contributed by atoms with Crippen molar-refractivity contribution in [2.24, 2.45) is 0 Å². The van der Waals surface area contributed by atoms with E-state index in [0.717, 1.165) is 10.5 Å². The van der Waals surface area contributed by atoms with E-state index in [4.69, 9.17) is 4.42 Å². The summed E-state index contributed by atoms with van der Waals surface area (Å²) in [4.78, 5) is 26.5. The lowest BCUT2D eigenvalue weighted by Crippen LogP contribution is -2.02. The van der Waals surface area contributed by atoms with E-state index in [2.05, 4.69) is 25.7 Å². The average Bonchev–Trinajstić information content (AvgIpc) is 2.97. The Balaban J connectivity index is 2.23. The molecule has 0 fully saturated rings. The minimum Gasteiger partial charge on any atom is -0.465 e. The Morgan fingerprint density at radius 2 is 2.00 bits per heavy atom. The van der Waals surface area contributed by atoms with Gasteiger partial charge in [-0.25, -0.2) is 9.78 Å². The molecule has 0 bridgehead atoms. The van der Waals surface area contributed by atoms with Gasteiger partial charge in [0.15, 0.2) is 5.58 Å². The summed E-state index contributed by atoms with van der Waals surface area (Å²) in [5.41, 5.74) is 0.766. The number of ether oxygens (including phenoxy) is 1. The number of non-ortho nitro benzene ring substituents is 1. The van der Waals surface area contributed by atoms with Gasteiger partial charge in [-0.2, -0.15) is 0 Å². The highest BCUT2D eigenvalue weighted by molar-refractivity contribution is 9.10. The van der Waals surface area contributed by atoms with Crippen molar-refractivity contribution in [2.45, 2.75) is 0 Å². The molecule has 2 aromatic carbocycles. The third kappa shape index (κ3) is 2.80. The molecule has 7 nitrogen and oxygen atoms in total. The van der Waals surface area contributed by atoms with Crippen LogP contribution < -0.4 is 0 Å². The second-order valence-corrected chi connectivity index (χ2v) is 5.53. The third-order valence-corrected chi connectivity index (χ3v) is 3.71. The number of methoxy groups -OCH3 is 1. The normalized spacial score (nSPS) is 10.7. The highest BCUT2D eigenvalue weighted by atomic mass is 79.9. The summed E-state index contributed by atoms with van der Waals surface area (Å²) in [5.74, 6) is -0.463. The van der Waals surface area contributed by atoms with E-state index >= 15 is 0 Å². The number of aromatic nitrogens is 1. The number of carbonyl (C=O) groups is 1. The van der Waals surface area contributed by atoms with Crippen LogP contribution in [-0.4, -0.2) is 23.0 Å². The number of carbonyl (C=O) groups excluding carboxylic acids is 1. The number of nitro groups is 1. The molecular formula is C15H9BrN2O5. The van der Waals surface area contributed by atoms with Crippen molar-refractivity contribution in [3.63, 3.8) is 0 Å². The average molecular weight is 377 g/mol. The smallest absolute Gasteiger partial charge is 0.342 e. The van der Waals surface area contributed by atoms with Gasteiger partial charge in [-0.1, -0.05) is 15.9 Å². The first-order valence-corrected chi connectivity index (χ1v) is 7.22. The first-order valence-electron chi connectivity index (χ1n) is 6.43. The lowest BCUT2D eigenvalue weighted by Gasteiger charge is -1.99. The van der Waals surface area contributed by atoms with Crippen LogP contribution in [0, 0.1) is 10.1 Å². The van der Waals surface area contributed by atoms with Gasteiger partial charge < -0.3 is 9.15 Å². The van der Waals surface area contributed by atoms with Gasteiger partial charge in [0.25, 0.3) is 5.69 Å². The van der Waals surface area contributed by atoms with E-state index in [-0.39, 0.29) is 28.2 Å². The number of fused-ring (bicyclic) bond motifs is 1. The number of hydrogen-bond donors (Lipinski definition) is 0. The zero-order valence-electron chi connectivity index (χ0n) is 11.8. The molecule has 0 aliphatic rings. The van der Waals surface area contributed by atoms with Gasteiger partial charge >= 0.3 is 5.97 Å². The molecule has 3 rings (SSSR count). The van der Waals surface area contributed by atoms with Crippen molar-refractivity contribution in [1.29, 1.82) is 0 Å². The van der Waals surface area contributed by atoms with Crippen molar-refractivity contribution in [2.75, 3.05) is 7.11 Å². The molecule has 23 heavy (non-hydrogen) atoms. The molecule has 0 aliphatic carbocycles. The van der Waals surface area contributed by atoms with E-state index < -0.39 is 10.9 Å². The summed E-state index contributed by atoms with van der Waals surface area (Å²) in [7, 11) is 1.19. The second kappa shape index (κ2) is 5.81. The van der Waals surface area contributed by atoms with Crippen molar-refractivity contribution >= 4 is 38.7 Å². The first-order chi connectivity index (χ1) is 11.0. The van der Waals surface area contributed by atoms with E-state index in [1.807, 2.05) is 12.1 Å². The Bertz CT molecular complexity index is 918. The number of benzene rings is 2. The summed E-state index contributed by atoms with van der Waals surface area (Å²) in [5, 5.41) is 11.0. The maximum Gasteiger partial charge on any atom is 0.342 e. The van der Waals surface area contributed by atoms with Crippen LogP contribution in [0.5, 0.6) is 0 Å². The van der Waals surface area contributed by atoms with Crippen LogP contribution in [0.2, 0.25) is 0 Å². The Labute approximate surface area is 138 Å². The van der Waals surface area contributed by atoms with E-state index in [1.54, 1.807) is 12.1 Å². The molecule has 0 atom stereocenters. The molecule has 0 amide bonds. The molecule has 0 saturated heterocycles. The molecule has 0 radical (unpaired) electrons. The van der Waals surface area contributed by atoms with Gasteiger partial charge in [0, 0.05) is 22.2 Å². The first kappa shape index (κ1) is 15.2. The van der Waals surface area contributed by atoms with E-state index in [9.17, 15) is 14.9 Å². The van der Waals surface area contributed by atoms with E-state index in [0.29, 0.717) is 5.56 Å². The number of nitrogens with zero attached hydrogens (tertiary/aromatic N) is 2. The van der Waals surface area contributed by atoms with Gasteiger partial charge in [-0.05, 0) is 24.3 Å². The fourth-order valence-corrected chi connectivity index (χ4v) is 2.37. The van der Waals surface area contributed by atoms with Gasteiger partial charge in [0.1, 0.15) is 11.1 Å². The number of oxazole rings is 1. The zero-order chi connectivity index (χ0) is 16.6. The summed E-state index contributed by atoms with van der Waals surface area (Å²) in [6.45, 7) is 0. The highest BCUT2D eigenvalue weighted by Gasteiger charge is 2.22. The van der Waals surface area contributed by atoms with Crippen LogP contribution in [0.25, 0.3) is 22.6 Å². The van der Waals surface area contributed by atoms with E-state index in [1.165, 1.54) is 13.2 Å². The van der Waals surface area contributed by atoms with Gasteiger partial charge in [-0.3, -0.25) is 10.1 Å². The van der Waals surface area contributed by atoms with Gasteiger partial charge in [0.2, 0.25) is 5.89 Å². The quantitative estimate of drug-likeness (QED) is 0.390. The predicted molar refractivity (Wildman–Crippen MR) is 85.1 cm³/mol. The summed E-state index contributed by atoms with van der Waals surface area (Å²) < 4.78 is 11.2. The maximum atomic E-state index is 11.9. The number of hydrogen-bond acceptors (Lipinski definition) is 6. The molecule has 3 aromatic rings. The van der Waals surface area contributed by atoms with Crippen molar-refractivity contribution in [1.82, 2.24) is 4.98 Å². The minimum absolute atomic E-state index is 0.0347. The molecule has 0 saturated carbocycles. The summed E-state index contributed by atoms with van der Waals surface area (Å²) >= 11 is 3.33. The second-order valence-electron chi connectivity index (χ2n) is 4.62. The van der Waals surface area contributed by atoms with Crippen LogP contribution >= 0.6 is 15.9 Å². The number of nitro benzene ring substituents is 1. The van der Waals surface area contributed by atoms with Crippen LogP contribution in [0.4, 0.5) is 5.69 Å². The van der Waals surface area contributed by atoms with Crippen molar-refractivity contribution in [3.8, 4) is 11.5 Å². The monoisotopic (exact) mass is 376 g/mol. The fraction of sp³-hybridized carbons (Fsp3) is 0.0667. The minimum atomic E-state index is -0.725. The summed E-state index contributed by atoms with van der Waals surface area (Å²) in [6.07, 6.45) is 0. The Hall–Kier alpha value is -2.74. The molecule has 1 aromatic heterocycles. The fourth-order valence-electron chi connectivity index (χ4n) is 2.10. The molecular weight excluding hydrogens is 368 g/mol. The Morgan fingerprint density at radius 3 is 2.61 bits per heavy atom. The maximum absolute atomic E-state index is 11.9. The van der Waals surface area contributed by atoms with Crippen molar-refractivity contribution < 1.29 is 18.9 Å². The number of halogens is 1. The van der Waals surface area contributed by atoms with Crippen LogP contribution in [0.3, 0.4) is 0 Å². The Morgan fingerprint density at radius 1 is 1.30 bits per heavy atom. The van der Waals surface area contributed by atoms with Crippen LogP contribution in [0.1, 0.15) is 10.4 Å². The number of rotatable bonds is 3. The standard InChI is InChI=1S/C15H9BrN2O5/c1-22-15(19)11-6-10(18(20)21)7-12-13(11)23-14(17-12)8-2-4-9(16)5-3-8/h2-7H,1H3. The highest BCUT2D eigenvalue weighted by Crippen LogP contribution is 2.31. The molecule has 8 heteroatoms. The third-order valence-electron chi connectivity index (χ3n) is 3.18. The molecule has 116 valence electrons. The SMILES string of the molecule is COC(=O)c1cc([N+](=O)[O-])cc2nc(-c3ccc(Br)cc3)oc12. The molecule has 0 aliphatic heterocycles. The zero-order valence-corrected chi connectivity index (χ0v) is 13.4. The van der Waals surface area contributed by atoms with Crippen molar-refractivity contribution in [3.05, 3.63) is 56.5 Å². The van der Waals surface area contributed by atoms with Crippen LogP contribution in [0.15, 0.2) is 45.3 Å². The summed E-state index contributed by atoms with van der Waals surface area (Å²) in [6, 6.07) is 9.56. The Kier molecular flexibility index (Phi) is 3.83. The molecule has 0 N–H and O–H groups in total. The lowest BCUT2D eigenvalue weighted by atomic mass is 10.1. The molecule has 0 unspecified atom stereocenters. The predicted octanol–water partition coefficient (Wildman–Crippen LogP) is 3.95. The topological polar surface area (TPSA) is 95.5 Å².